The van der Waals surface area contributed by atoms with E-state index in [4.69, 9.17) is 15.7 Å². The minimum Gasteiger partial charge on any atom is -0.479 e. The normalized spacial score (nSPS) is 9.32. The fourth-order valence-corrected chi connectivity index (χ4v) is 1.99. The van der Waals surface area contributed by atoms with Crippen LogP contribution in [0.25, 0.3) is 11.1 Å². The number of ether oxygens (including phenoxy) is 1. The second-order valence-corrected chi connectivity index (χ2v) is 4.19. The summed E-state index contributed by atoms with van der Waals surface area (Å²) < 4.78 is 5.18. The van der Waals surface area contributed by atoms with Crippen molar-refractivity contribution in [2.45, 2.75) is 0 Å². The monoisotopic (exact) mass is 291 g/mol. The quantitative estimate of drug-likeness (QED) is 0.872. The molecule has 2 aromatic rings. The standard InChI is InChI=1S/C15H9N5O2/c16-4-5-22-10-3-1-2-9(6-10)13-11(7-17)14(19)20-15(21)12(13)8-18/h1-3,6H,5H2,(H3,19,20,21). The minimum absolute atomic E-state index is 0.00795. The van der Waals surface area contributed by atoms with Crippen LogP contribution in [-0.4, -0.2) is 11.6 Å². The Morgan fingerprint density at radius 2 is 1.91 bits per heavy atom. The molecule has 0 saturated carbocycles. The van der Waals surface area contributed by atoms with Gasteiger partial charge < -0.3 is 15.5 Å². The van der Waals surface area contributed by atoms with Gasteiger partial charge in [0, 0.05) is 5.56 Å². The van der Waals surface area contributed by atoms with E-state index in [-0.39, 0.29) is 29.1 Å². The molecule has 0 fully saturated rings. The highest BCUT2D eigenvalue weighted by molar-refractivity contribution is 5.80. The van der Waals surface area contributed by atoms with E-state index in [1.165, 1.54) is 6.07 Å². The Kier molecular flexibility index (Phi) is 4.08. The fourth-order valence-electron chi connectivity index (χ4n) is 1.99. The van der Waals surface area contributed by atoms with Gasteiger partial charge in [0.25, 0.3) is 5.56 Å². The summed E-state index contributed by atoms with van der Waals surface area (Å²) >= 11 is 0. The predicted octanol–water partition coefficient (Wildman–Crippen LogP) is 1.27. The van der Waals surface area contributed by atoms with Crippen molar-refractivity contribution in [2.75, 3.05) is 12.3 Å². The Balaban J connectivity index is 2.73. The second kappa shape index (κ2) is 6.13. The van der Waals surface area contributed by atoms with Crippen LogP contribution >= 0.6 is 0 Å². The first-order chi connectivity index (χ1) is 10.6. The Bertz CT molecular complexity index is 909. The zero-order chi connectivity index (χ0) is 16.1. The highest BCUT2D eigenvalue weighted by Gasteiger charge is 2.18. The van der Waals surface area contributed by atoms with E-state index in [1.54, 1.807) is 24.3 Å². The Morgan fingerprint density at radius 1 is 1.18 bits per heavy atom. The van der Waals surface area contributed by atoms with Crippen LogP contribution in [0.1, 0.15) is 11.1 Å². The minimum atomic E-state index is -0.669. The van der Waals surface area contributed by atoms with Gasteiger partial charge >= 0.3 is 0 Å². The number of nitrogens with zero attached hydrogens (tertiary/aromatic N) is 3. The van der Waals surface area contributed by atoms with Gasteiger partial charge in [0.05, 0.1) is 0 Å². The number of anilines is 1. The number of hydrogen-bond donors (Lipinski definition) is 2. The Morgan fingerprint density at radius 3 is 2.55 bits per heavy atom. The molecule has 0 bridgehead atoms. The summed E-state index contributed by atoms with van der Waals surface area (Å²) in [6, 6.07) is 11.9. The largest absolute Gasteiger partial charge is 0.479 e. The van der Waals surface area contributed by atoms with Crippen LogP contribution in [0.15, 0.2) is 29.1 Å². The molecule has 0 aliphatic heterocycles. The summed E-state index contributed by atoms with van der Waals surface area (Å²) in [6.07, 6.45) is 0. The van der Waals surface area contributed by atoms with Crippen LogP contribution in [0, 0.1) is 34.0 Å². The fraction of sp³-hybridized carbons (Fsp3) is 0.0667. The van der Waals surface area contributed by atoms with Crippen molar-refractivity contribution in [3.05, 3.63) is 45.7 Å². The number of nitrogen functional groups attached to an aromatic ring is 1. The van der Waals surface area contributed by atoms with Crippen molar-refractivity contribution in [1.29, 1.82) is 15.8 Å². The van der Waals surface area contributed by atoms with Crippen molar-refractivity contribution in [1.82, 2.24) is 4.98 Å². The third kappa shape index (κ3) is 2.58. The molecule has 3 N–H and O–H groups in total. The van der Waals surface area contributed by atoms with Gasteiger partial charge in [-0.2, -0.15) is 15.8 Å². The number of aromatic amines is 1. The molecule has 0 aliphatic rings. The Labute approximate surface area is 125 Å². The lowest BCUT2D eigenvalue weighted by Crippen LogP contribution is -2.16. The molecule has 0 unspecified atom stereocenters. The molecule has 106 valence electrons. The lowest BCUT2D eigenvalue weighted by atomic mass is 9.96. The predicted molar refractivity (Wildman–Crippen MR) is 77.4 cm³/mol. The van der Waals surface area contributed by atoms with Crippen LogP contribution in [0.4, 0.5) is 5.82 Å². The number of aromatic nitrogens is 1. The summed E-state index contributed by atoms with van der Waals surface area (Å²) in [7, 11) is 0. The molecule has 7 nitrogen and oxygen atoms in total. The highest BCUT2D eigenvalue weighted by Crippen LogP contribution is 2.30. The average molecular weight is 291 g/mol. The molecule has 22 heavy (non-hydrogen) atoms. The molecule has 0 amide bonds. The molecule has 1 aromatic carbocycles. The maximum absolute atomic E-state index is 11.8. The van der Waals surface area contributed by atoms with Crippen molar-refractivity contribution in [3.63, 3.8) is 0 Å². The molecule has 7 heteroatoms. The Hall–Kier alpha value is -3.76. The van der Waals surface area contributed by atoms with Crippen LogP contribution < -0.4 is 16.0 Å². The van der Waals surface area contributed by atoms with Gasteiger partial charge in [0.2, 0.25) is 0 Å². The molecule has 1 heterocycles. The zero-order valence-electron chi connectivity index (χ0n) is 11.3. The molecular formula is C15H9N5O2. The van der Waals surface area contributed by atoms with E-state index in [0.29, 0.717) is 11.3 Å². The molecular weight excluding hydrogens is 282 g/mol. The molecule has 0 radical (unpaired) electrons. The summed E-state index contributed by atoms with van der Waals surface area (Å²) in [6.45, 7) is -0.142. The van der Waals surface area contributed by atoms with Gasteiger partial charge in [-0.15, -0.1) is 0 Å². The van der Waals surface area contributed by atoms with Gasteiger partial charge in [0.15, 0.2) is 6.61 Å². The average Bonchev–Trinajstić information content (AvgIpc) is 2.52. The van der Waals surface area contributed by atoms with Gasteiger partial charge in [-0.05, 0) is 17.7 Å². The van der Waals surface area contributed by atoms with E-state index in [0.717, 1.165) is 0 Å². The molecule has 2 rings (SSSR count). The first-order valence-corrected chi connectivity index (χ1v) is 6.08. The number of H-pyrrole nitrogens is 1. The van der Waals surface area contributed by atoms with Crippen LogP contribution in [0.3, 0.4) is 0 Å². The van der Waals surface area contributed by atoms with Crippen molar-refractivity contribution in [3.8, 4) is 35.1 Å². The highest BCUT2D eigenvalue weighted by atomic mass is 16.5. The van der Waals surface area contributed by atoms with E-state index < -0.39 is 5.56 Å². The van der Waals surface area contributed by atoms with Crippen LogP contribution in [0.5, 0.6) is 5.75 Å². The van der Waals surface area contributed by atoms with Crippen LogP contribution in [0.2, 0.25) is 0 Å². The lowest BCUT2D eigenvalue weighted by molar-refractivity contribution is 0.368. The van der Waals surface area contributed by atoms with Gasteiger partial charge in [-0.3, -0.25) is 4.79 Å². The summed E-state index contributed by atoms with van der Waals surface area (Å²) in [4.78, 5) is 14.1. The summed E-state index contributed by atoms with van der Waals surface area (Å²) in [5, 5.41) is 27.0. The number of pyridine rings is 1. The molecule has 0 aliphatic carbocycles. The topological polar surface area (TPSA) is 139 Å². The number of hydrogen-bond acceptors (Lipinski definition) is 6. The maximum Gasteiger partial charge on any atom is 0.268 e. The van der Waals surface area contributed by atoms with Crippen molar-refractivity contribution < 1.29 is 4.74 Å². The summed E-state index contributed by atoms with van der Waals surface area (Å²) in [5.74, 6) is 0.274. The number of nitriles is 3. The number of nitrogens with one attached hydrogen (secondary N) is 1. The van der Waals surface area contributed by atoms with Crippen LogP contribution in [-0.2, 0) is 0 Å². The van der Waals surface area contributed by atoms with Gasteiger partial charge in [0.1, 0.15) is 40.9 Å². The molecule has 0 saturated heterocycles. The third-order valence-electron chi connectivity index (χ3n) is 2.89. The van der Waals surface area contributed by atoms with E-state index in [1.807, 2.05) is 12.1 Å². The third-order valence-corrected chi connectivity index (χ3v) is 2.89. The van der Waals surface area contributed by atoms with Crippen molar-refractivity contribution in [2.24, 2.45) is 0 Å². The molecule has 1 aromatic heterocycles. The van der Waals surface area contributed by atoms with Gasteiger partial charge in [-0.25, -0.2) is 0 Å². The molecule has 0 atom stereocenters. The molecule has 0 spiro atoms. The first kappa shape index (κ1) is 14.6. The first-order valence-electron chi connectivity index (χ1n) is 6.08. The van der Waals surface area contributed by atoms with E-state index >= 15 is 0 Å². The smallest absolute Gasteiger partial charge is 0.268 e. The van der Waals surface area contributed by atoms with E-state index in [9.17, 15) is 15.3 Å². The second-order valence-electron chi connectivity index (χ2n) is 4.19. The van der Waals surface area contributed by atoms with Crippen molar-refractivity contribution >= 4 is 5.82 Å². The SMILES string of the molecule is N#CCOc1cccc(-c2c(C#N)c(N)[nH]c(=O)c2C#N)c1. The number of rotatable bonds is 3. The zero-order valence-corrected chi connectivity index (χ0v) is 11.3. The van der Waals surface area contributed by atoms with Gasteiger partial charge in [-0.1, -0.05) is 12.1 Å². The van der Waals surface area contributed by atoms with E-state index in [2.05, 4.69) is 4.98 Å². The summed E-state index contributed by atoms with van der Waals surface area (Å²) in [5.41, 5.74) is 5.36. The number of nitrogens with two attached hydrogens (primary N) is 1. The lowest BCUT2D eigenvalue weighted by Gasteiger charge is -2.10. The maximum atomic E-state index is 11.8. The number of benzene rings is 1.